The number of hydrogen-bond acceptors (Lipinski definition) is 3. The Bertz CT molecular complexity index is 607. The van der Waals surface area contributed by atoms with E-state index in [0.29, 0.717) is 28.5 Å². The molecule has 0 N–H and O–H groups in total. The number of hydrogen-bond donors (Lipinski definition) is 0. The molecule has 2 aliphatic heterocycles. The van der Waals surface area contributed by atoms with Crippen molar-refractivity contribution in [2.24, 2.45) is 0 Å². The summed E-state index contributed by atoms with van der Waals surface area (Å²) in [5.74, 6) is 2.40. The van der Waals surface area contributed by atoms with E-state index in [2.05, 4.69) is 4.90 Å². The van der Waals surface area contributed by atoms with Crippen molar-refractivity contribution in [1.29, 1.82) is 0 Å². The average molecular weight is 401 g/mol. The molecule has 2 saturated heterocycles. The number of amides is 1. The molecule has 0 aromatic heterocycles. The van der Waals surface area contributed by atoms with Crippen molar-refractivity contribution in [1.82, 2.24) is 9.80 Å². The molecule has 0 spiro atoms. The molecule has 0 unspecified atom stereocenters. The zero-order chi connectivity index (χ0) is 17.8. The topological polar surface area (TPSA) is 23.6 Å². The second kappa shape index (κ2) is 8.98. The van der Waals surface area contributed by atoms with Crippen LogP contribution in [0.15, 0.2) is 18.2 Å². The van der Waals surface area contributed by atoms with Crippen molar-refractivity contribution in [3.63, 3.8) is 0 Å². The molecular formula is C19H26Cl2N2OS. The van der Waals surface area contributed by atoms with Gasteiger partial charge in [0, 0.05) is 18.8 Å². The first-order valence-electron chi connectivity index (χ1n) is 9.07. The van der Waals surface area contributed by atoms with E-state index in [1.807, 2.05) is 29.8 Å². The van der Waals surface area contributed by atoms with E-state index < -0.39 is 0 Å². The third kappa shape index (κ3) is 4.85. The van der Waals surface area contributed by atoms with Gasteiger partial charge in [-0.15, -0.1) is 0 Å². The molecule has 1 aromatic carbocycles. The maximum atomic E-state index is 12.9. The number of carbonyl (C=O) groups excluding carboxylic acids is 1. The first-order valence-corrected chi connectivity index (χ1v) is 11.0. The molecule has 3 nitrogen and oxygen atoms in total. The number of nitrogens with zero attached hydrogens (tertiary/aromatic N) is 2. The molecular weight excluding hydrogens is 375 g/mol. The standard InChI is InChI=1S/C19H26Cl2N2OS/c1-22(19(24)12-14-6-7-15(20)16(21)11-14)18-13-25-10-4-5-17(18)23-8-2-3-9-23/h6-7,11,17-18H,2-5,8-10,12-13H2,1H3/t17-,18-/m1/s1. The maximum Gasteiger partial charge on any atom is 0.227 e. The monoisotopic (exact) mass is 400 g/mol. The van der Waals surface area contributed by atoms with Crippen LogP contribution in [0.25, 0.3) is 0 Å². The number of likely N-dealkylation sites (N-methyl/N-ethyl adjacent to an activating group) is 1. The Morgan fingerprint density at radius 2 is 2.00 bits per heavy atom. The molecule has 1 aromatic rings. The van der Waals surface area contributed by atoms with Crippen LogP contribution in [0.1, 0.15) is 31.2 Å². The highest BCUT2D eigenvalue weighted by atomic mass is 35.5. The van der Waals surface area contributed by atoms with Crippen LogP contribution in [0.3, 0.4) is 0 Å². The van der Waals surface area contributed by atoms with E-state index in [0.717, 1.165) is 11.3 Å². The van der Waals surface area contributed by atoms with E-state index in [1.54, 1.807) is 12.1 Å². The Morgan fingerprint density at radius 3 is 2.72 bits per heavy atom. The molecule has 1 amide bonds. The number of halogens is 2. The van der Waals surface area contributed by atoms with Crippen LogP contribution in [0.5, 0.6) is 0 Å². The minimum absolute atomic E-state index is 0.162. The normalized spacial score (nSPS) is 24.9. The van der Waals surface area contributed by atoms with Crippen molar-refractivity contribution in [3.8, 4) is 0 Å². The third-order valence-corrected chi connectivity index (χ3v) is 7.25. The zero-order valence-corrected chi connectivity index (χ0v) is 17.0. The van der Waals surface area contributed by atoms with Crippen molar-refractivity contribution in [2.45, 2.75) is 44.2 Å². The maximum absolute atomic E-state index is 12.9. The number of rotatable bonds is 4. The number of benzene rings is 1. The summed E-state index contributed by atoms with van der Waals surface area (Å²) in [7, 11) is 1.97. The lowest BCUT2D eigenvalue weighted by molar-refractivity contribution is -0.132. The highest BCUT2D eigenvalue weighted by Gasteiger charge is 2.34. The molecule has 0 radical (unpaired) electrons. The van der Waals surface area contributed by atoms with Gasteiger partial charge < -0.3 is 4.90 Å². The Hall–Kier alpha value is -0.420. The highest BCUT2D eigenvalue weighted by molar-refractivity contribution is 7.99. The van der Waals surface area contributed by atoms with Crippen molar-refractivity contribution in [2.75, 3.05) is 31.6 Å². The summed E-state index contributed by atoms with van der Waals surface area (Å²) in [4.78, 5) is 17.5. The van der Waals surface area contributed by atoms with Gasteiger partial charge in [-0.25, -0.2) is 0 Å². The van der Waals surface area contributed by atoms with Crippen LogP contribution in [0.2, 0.25) is 10.0 Å². The molecule has 0 bridgehead atoms. The molecule has 3 rings (SSSR count). The molecule has 2 aliphatic rings. The van der Waals surface area contributed by atoms with E-state index in [9.17, 15) is 4.79 Å². The molecule has 25 heavy (non-hydrogen) atoms. The van der Waals surface area contributed by atoms with Crippen LogP contribution < -0.4 is 0 Å². The summed E-state index contributed by atoms with van der Waals surface area (Å²) in [6.45, 7) is 2.36. The minimum atomic E-state index is 0.162. The summed E-state index contributed by atoms with van der Waals surface area (Å²) in [6, 6.07) is 6.25. The summed E-state index contributed by atoms with van der Waals surface area (Å²) in [5.41, 5.74) is 0.922. The van der Waals surface area contributed by atoms with Gasteiger partial charge in [-0.3, -0.25) is 9.69 Å². The fraction of sp³-hybridized carbons (Fsp3) is 0.632. The molecule has 2 fully saturated rings. The predicted octanol–water partition coefficient (Wildman–Crippen LogP) is 4.35. The molecule has 2 heterocycles. The third-order valence-electron chi connectivity index (χ3n) is 5.36. The van der Waals surface area contributed by atoms with Crippen LogP contribution >= 0.6 is 35.0 Å². The summed E-state index contributed by atoms with van der Waals surface area (Å²) in [6.07, 6.45) is 5.40. The van der Waals surface area contributed by atoms with E-state index in [-0.39, 0.29) is 5.91 Å². The second-order valence-electron chi connectivity index (χ2n) is 7.02. The number of carbonyl (C=O) groups is 1. The molecule has 2 atom stereocenters. The average Bonchev–Trinajstić information content (AvgIpc) is 3.02. The Balaban J connectivity index is 1.70. The smallest absolute Gasteiger partial charge is 0.227 e. The van der Waals surface area contributed by atoms with Gasteiger partial charge >= 0.3 is 0 Å². The first kappa shape index (κ1) is 19.3. The lowest BCUT2D eigenvalue weighted by atomic mass is 10.0. The molecule has 0 saturated carbocycles. The lowest BCUT2D eigenvalue weighted by Crippen LogP contribution is -2.52. The van der Waals surface area contributed by atoms with E-state index in [1.165, 1.54) is 44.5 Å². The fourth-order valence-corrected chi connectivity index (χ4v) is 5.45. The van der Waals surface area contributed by atoms with Crippen molar-refractivity contribution < 1.29 is 4.79 Å². The van der Waals surface area contributed by atoms with Crippen LogP contribution in [-0.2, 0) is 11.2 Å². The fourth-order valence-electron chi connectivity index (χ4n) is 3.91. The van der Waals surface area contributed by atoms with Crippen LogP contribution in [-0.4, -0.2) is 59.4 Å². The molecule has 6 heteroatoms. The summed E-state index contributed by atoms with van der Waals surface area (Å²) < 4.78 is 0. The quantitative estimate of drug-likeness (QED) is 0.749. The Morgan fingerprint density at radius 1 is 1.24 bits per heavy atom. The van der Waals surface area contributed by atoms with Gasteiger partial charge in [-0.1, -0.05) is 29.3 Å². The van der Waals surface area contributed by atoms with Gasteiger partial charge in [0.25, 0.3) is 0 Å². The SMILES string of the molecule is CN(C(=O)Cc1ccc(Cl)c(Cl)c1)[C@@H]1CSCCC[C@H]1N1CCCC1. The van der Waals surface area contributed by atoms with Gasteiger partial charge in [0.15, 0.2) is 0 Å². The minimum Gasteiger partial charge on any atom is -0.340 e. The van der Waals surface area contributed by atoms with Crippen LogP contribution in [0.4, 0.5) is 0 Å². The van der Waals surface area contributed by atoms with Gasteiger partial charge in [0.05, 0.1) is 22.5 Å². The second-order valence-corrected chi connectivity index (χ2v) is 8.99. The number of thioether (sulfide) groups is 1. The van der Waals surface area contributed by atoms with Gasteiger partial charge in [-0.05, 0) is 62.2 Å². The first-order chi connectivity index (χ1) is 12.1. The van der Waals surface area contributed by atoms with Crippen molar-refractivity contribution >= 4 is 40.9 Å². The summed E-state index contributed by atoms with van der Waals surface area (Å²) >= 11 is 14.0. The molecule has 138 valence electrons. The Kier molecular flexibility index (Phi) is 6.95. The number of likely N-dealkylation sites (tertiary alicyclic amines) is 1. The van der Waals surface area contributed by atoms with Crippen molar-refractivity contribution in [3.05, 3.63) is 33.8 Å². The largest absolute Gasteiger partial charge is 0.340 e. The van der Waals surface area contributed by atoms with Crippen LogP contribution in [0, 0.1) is 0 Å². The zero-order valence-electron chi connectivity index (χ0n) is 14.7. The molecule has 0 aliphatic carbocycles. The Labute approximate surface area is 165 Å². The predicted molar refractivity (Wildman–Crippen MR) is 108 cm³/mol. The highest BCUT2D eigenvalue weighted by Crippen LogP contribution is 2.28. The van der Waals surface area contributed by atoms with E-state index in [4.69, 9.17) is 23.2 Å². The van der Waals surface area contributed by atoms with Gasteiger partial charge in [-0.2, -0.15) is 11.8 Å². The van der Waals surface area contributed by atoms with E-state index >= 15 is 0 Å². The van der Waals surface area contributed by atoms with Gasteiger partial charge in [0.1, 0.15) is 0 Å². The van der Waals surface area contributed by atoms with Gasteiger partial charge in [0.2, 0.25) is 5.91 Å². The lowest BCUT2D eigenvalue weighted by Gasteiger charge is -2.38. The summed E-state index contributed by atoms with van der Waals surface area (Å²) in [5, 5.41) is 1.04.